The topological polar surface area (TPSA) is 0 Å². The zero-order chi connectivity index (χ0) is 16.7. The molecule has 2 aromatic rings. The lowest BCUT2D eigenvalue weighted by Crippen LogP contribution is -1.89. The van der Waals surface area contributed by atoms with Gasteiger partial charge in [-0.2, -0.15) is 0 Å². The second-order valence-electron chi connectivity index (χ2n) is 5.83. The fourth-order valence-electron chi connectivity index (χ4n) is 2.54. The third-order valence-electron chi connectivity index (χ3n) is 4.08. The molecule has 0 fully saturated rings. The van der Waals surface area contributed by atoms with Crippen LogP contribution in [0.3, 0.4) is 0 Å². The van der Waals surface area contributed by atoms with Crippen molar-refractivity contribution < 1.29 is 8.78 Å². The van der Waals surface area contributed by atoms with Crippen LogP contribution in [0.5, 0.6) is 0 Å². The zero-order valence-corrected chi connectivity index (χ0v) is 13.9. The summed E-state index contributed by atoms with van der Waals surface area (Å²) in [5.74, 6) is -1.60. The van der Waals surface area contributed by atoms with Crippen molar-refractivity contribution in [2.24, 2.45) is 0 Å². The third-order valence-corrected chi connectivity index (χ3v) is 4.08. The molecule has 0 heterocycles. The van der Waals surface area contributed by atoms with Gasteiger partial charge in [-0.1, -0.05) is 75.2 Å². The van der Waals surface area contributed by atoms with Crippen LogP contribution >= 0.6 is 0 Å². The minimum absolute atomic E-state index is 0.284. The van der Waals surface area contributed by atoms with Gasteiger partial charge in [-0.3, -0.25) is 0 Å². The molecular weight excluding hydrogens is 290 g/mol. The lowest BCUT2D eigenvalue weighted by atomic mass is 10.0. The van der Waals surface area contributed by atoms with E-state index in [1.807, 2.05) is 31.2 Å². The number of aryl methyl sites for hydroxylation is 2. The molecule has 0 unspecified atom stereocenters. The fraction of sp³-hybridized carbons (Fsp3) is 0.333. The first-order valence-electron chi connectivity index (χ1n) is 8.39. The van der Waals surface area contributed by atoms with Gasteiger partial charge < -0.3 is 0 Å². The van der Waals surface area contributed by atoms with E-state index in [1.165, 1.54) is 18.4 Å². The average Bonchev–Trinajstić information content (AvgIpc) is 2.61. The maximum Gasteiger partial charge on any atom is 0.166 e. The summed E-state index contributed by atoms with van der Waals surface area (Å²) < 4.78 is 28.6. The molecule has 0 bridgehead atoms. The lowest BCUT2D eigenvalue weighted by Gasteiger charge is -2.05. The normalized spacial score (nSPS) is 12.2. The molecule has 0 aliphatic heterocycles. The van der Waals surface area contributed by atoms with Gasteiger partial charge in [-0.15, -0.1) is 0 Å². The fourth-order valence-corrected chi connectivity index (χ4v) is 2.54. The van der Waals surface area contributed by atoms with E-state index in [9.17, 15) is 8.78 Å². The standard InChI is InChI=1S/C21H24F2/c1-3-5-6-7-17-10-14-19(15-11-17)21(23)20(22)18-12-8-16(4-2)9-13-18/h8-15H,3-7H2,1-2H3/b21-20+. The van der Waals surface area contributed by atoms with E-state index in [0.717, 1.165) is 24.8 Å². The Morgan fingerprint density at radius 2 is 1.17 bits per heavy atom. The minimum Gasteiger partial charge on any atom is -0.203 e. The first-order valence-corrected chi connectivity index (χ1v) is 8.39. The smallest absolute Gasteiger partial charge is 0.166 e. The Morgan fingerprint density at radius 1 is 0.696 bits per heavy atom. The number of benzene rings is 2. The SMILES string of the molecule is CCCCCc1ccc(/C(F)=C(\F)c2ccc(CC)cc2)cc1. The molecule has 0 radical (unpaired) electrons. The molecule has 0 N–H and O–H groups in total. The van der Waals surface area contributed by atoms with Crippen molar-refractivity contribution in [3.05, 3.63) is 70.8 Å². The molecule has 122 valence electrons. The molecule has 2 aromatic carbocycles. The molecule has 0 amide bonds. The Balaban J connectivity index is 2.15. The van der Waals surface area contributed by atoms with Crippen molar-refractivity contribution in [1.29, 1.82) is 0 Å². The number of hydrogen-bond donors (Lipinski definition) is 0. The molecular formula is C21H24F2. The predicted molar refractivity (Wildman–Crippen MR) is 94.5 cm³/mol. The Hall–Kier alpha value is -1.96. The van der Waals surface area contributed by atoms with Crippen LogP contribution in [0.2, 0.25) is 0 Å². The maximum absolute atomic E-state index is 14.3. The lowest BCUT2D eigenvalue weighted by molar-refractivity contribution is 0.699. The molecule has 0 saturated heterocycles. The van der Waals surface area contributed by atoms with Crippen LogP contribution in [-0.4, -0.2) is 0 Å². The van der Waals surface area contributed by atoms with Gasteiger partial charge >= 0.3 is 0 Å². The van der Waals surface area contributed by atoms with Gasteiger partial charge in [0.15, 0.2) is 11.7 Å². The highest BCUT2D eigenvalue weighted by atomic mass is 19.2. The summed E-state index contributed by atoms with van der Waals surface area (Å²) in [5.41, 5.74) is 2.86. The van der Waals surface area contributed by atoms with Crippen LogP contribution in [-0.2, 0) is 12.8 Å². The molecule has 0 nitrogen and oxygen atoms in total. The number of rotatable bonds is 7. The highest BCUT2D eigenvalue weighted by molar-refractivity contribution is 5.83. The Labute approximate surface area is 137 Å². The van der Waals surface area contributed by atoms with Gasteiger partial charge in [-0.05, 0) is 30.4 Å². The number of hydrogen-bond acceptors (Lipinski definition) is 0. The summed E-state index contributed by atoms with van der Waals surface area (Å²) in [4.78, 5) is 0. The van der Waals surface area contributed by atoms with Gasteiger partial charge in [0.1, 0.15) is 0 Å². The average molecular weight is 314 g/mol. The molecule has 0 aromatic heterocycles. The first kappa shape index (κ1) is 17.4. The van der Waals surface area contributed by atoms with Gasteiger partial charge in [0.25, 0.3) is 0 Å². The van der Waals surface area contributed by atoms with Crippen molar-refractivity contribution in [1.82, 2.24) is 0 Å². The maximum atomic E-state index is 14.3. The van der Waals surface area contributed by atoms with Crippen LogP contribution in [0.4, 0.5) is 8.78 Å². The molecule has 0 spiro atoms. The quantitative estimate of drug-likeness (QED) is 0.392. The first-order chi connectivity index (χ1) is 11.2. The molecule has 2 heteroatoms. The highest BCUT2D eigenvalue weighted by Crippen LogP contribution is 2.29. The predicted octanol–water partition coefficient (Wildman–Crippen LogP) is 6.75. The molecule has 0 saturated carbocycles. The second-order valence-corrected chi connectivity index (χ2v) is 5.83. The molecule has 0 atom stereocenters. The van der Waals surface area contributed by atoms with Crippen molar-refractivity contribution in [3.8, 4) is 0 Å². The van der Waals surface area contributed by atoms with Crippen LogP contribution in [0.1, 0.15) is 55.4 Å². The van der Waals surface area contributed by atoms with E-state index < -0.39 is 11.7 Å². The van der Waals surface area contributed by atoms with Gasteiger partial charge in [0.2, 0.25) is 0 Å². The summed E-state index contributed by atoms with van der Waals surface area (Å²) in [5, 5.41) is 0. The van der Waals surface area contributed by atoms with Crippen LogP contribution in [0.25, 0.3) is 11.7 Å². The zero-order valence-electron chi connectivity index (χ0n) is 13.9. The monoisotopic (exact) mass is 314 g/mol. The van der Waals surface area contributed by atoms with E-state index in [4.69, 9.17) is 0 Å². The van der Waals surface area contributed by atoms with E-state index in [2.05, 4.69) is 6.92 Å². The van der Waals surface area contributed by atoms with Crippen LogP contribution < -0.4 is 0 Å². The number of unbranched alkanes of at least 4 members (excludes halogenated alkanes) is 2. The van der Waals surface area contributed by atoms with Gasteiger partial charge in [-0.25, -0.2) is 8.78 Å². The summed E-state index contributed by atoms with van der Waals surface area (Å²) in [6, 6.07) is 14.0. The van der Waals surface area contributed by atoms with E-state index in [0.29, 0.717) is 5.56 Å². The summed E-state index contributed by atoms with van der Waals surface area (Å²) in [7, 11) is 0. The Morgan fingerprint density at radius 3 is 1.61 bits per heavy atom. The Kier molecular flexibility index (Phi) is 6.52. The van der Waals surface area contributed by atoms with Crippen molar-refractivity contribution in [2.45, 2.75) is 46.0 Å². The van der Waals surface area contributed by atoms with Crippen LogP contribution in [0.15, 0.2) is 48.5 Å². The number of halogens is 2. The second kappa shape index (κ2) is 8.61. The molecule has 23 heavy (non-hydrogen) atoms. The van der Waals surface area contributed by atoms with E-state index >= 15 is 0 Å². The largest absolute Gasteiger partial charge is 0.203 e. The third kappa shape index (κ3) is 4.75. The van der Waals surface area contributed by atoms with E-state index in [-0.39, 0.29) is 5.56 Å². The molecule has 2 rings (SSSR count). The van der Waals surface area contributed by atoms with Gasteiger partial charge in [0, 0.05) is 11.1 Å². The van der Waals surface area contributed by atoms with Gasteiger partial charge in [0.05, 0.1) is 0 Å². The van der Waals surface area contributed by atoms with Crippen molar-refractivity contribution in [2.75, 3.05) is 0 Å². The highest BCUT2D eigenvalue weighted by Gasteiger charge is 2.11. The van der Waals surface area contributed by atoms with Crippen molar-refractivity contribution >= 4 is 11.7 Å². The Bertz CT molecular complexity index is 637. The van der Waals surface area contributed by atoms with E-state index in [1.54, 1.807) is 24.3 Å². The minimum atomic E-state index is -0.800. The summed E-state index contributed by atoms with van der Waals surface area (Å²) in [6.07, 6.45) is 5.37. The van der Waals surface area contributed by atoms with Crippen molar-refractivity contribution in [3.63, 3.8) is 0 Å². The summed E-state index contributed by atoms with van der Waals surface area (Å²) in [6.45, 7) is 4.20. The summed E-state index contributed by atoms with van der Waals surface area (Å²) >= 11 is 0. The van der Waals surface area contributed by atoms with Crippen LogP contribution in [0, 0.1) is 0 Å². The molecule has 0 aliphatic carbocycles. The molecule has 0 aliphatic rings.